The number of carbonyl (C=O) groups excluding carboxylic acids is 1. The van der Waals surface area contributed by atoms with E-state index >= 15 is 0 Å². The third-order valence-electron chi connectivity index (χ3n) is 4.15. The largest absolute Gasteiger partial charge is 0.479 e. The lowest BCUT2D eigenvalue weighted by molar-refractivity contribution is -0.150. The van der Waals surface area contributed by atoms with Gasteiger partial charge in [0, 0.05) is 0 Å². The lowest BCUT2D eigenvalue weighted by atomic mass is 10.2. The summed E-state index contributed by atoms with van der Waals surface area (Å²) in [6.45, 7) is 5.15. The number of esters is 1. The highest BCUT2D eigenvalue weighted by Crippen LogP contribution is 2.47. The van der Waals surface area contributed by atoms with Crippen molar-refractivity contribution in [3.8, 4) is 17.2 Å². The Labute approximate surface area is 190 Å². The number of hydrogen-bond acceptors (Lipinski definition) is 7. The zero-order valence-electron chi connectivity index (χ0n) is 18.5. The van der Waals surface area contributed by atoms with Crippen LogP contribution >= 0.6 is 7.60 Å². The summed E-state index contributed by atoms with van der Waals surface area (Å²) in [7, 11) is -3.31. The quantitative estimate of drug-likeness (QED) is 0.264. The molecule has 0 radical (unpaired) electrons. The van der Waals surface area contributed by atoms with Crippen molar-refractivity contribution in [2.45, 2.75) is 33.1 Å². The van der Waals surface area contributed by atoms with E-state index in [2.05, 4.69) is 0 Å². The molecule has 0 fully saturated rings. The molecule has 0 aliphatic carbocycles. The summed E-state index contributed by atoms with van der Waals surface area (Å²) in [6, 6.07) is 10.5. The summed E-state index contributed by atoms with van der Waals surface area (Å²) in [5.41, 5.74) is -0.766. The number of rotatable bonds is 12. The first kappa shape index (κ1) is 26.7. The van der Waals surface area contributed by atoms with Crippen LogP contribution in [0.3, 0.4) is 0 Å². The molecular weight excluding hydrogens is 464 g/mol. The van der Waals surface area contributed by atoms with E-state index < -0.39 is 31.4 Å². The average molecular weight is 490 g/mol. The predicted octanol–water partition coefficient (Wildman–Crippen LogP) is 6.07. The van der Waals surface area contributed by atoms with Crippen molar-refractivity contribution in [2.75, 3.05) is 26.0 Å². The first-order chi connectivity index (χ1) is 15.6. The third-order valence-corrected chi connectivity index (χ3v) is 6.18. The minimum absolute atomic E-state index is 0.0663. The molecule has 0 unspecified atom stereocenters. The van der Waals surface area contributed by atoms with Crippen LogP contribution in [0.1, 0.15) is 26.3 Å². The summed E-state index contributed by atoms with van der Waals surface area (Å²) in [4.78, 5) is 12.1. The number of hydrogen-bond donors (Lipinski definition) is 0. The summed E-state index contributed by atoms with van der Waals surface area (Å²) in [5.74, 6) is 0.318. The second kappa shape index (κ2) is 12.1. The summed E-state index contributed by atoms with van der Waals surface area (Å²) in [6.07, 6.45) is -5.42. The van der Waals surface area contributed by atoms with E-state index in [9.17, 15) is 22.5 Å². The first-order valence-corrected chi connectivity index (χ1v) is 12.0. The van der Waals surface area contributed by atoms with Crippen LogP contribution in [0.2, 0.25) is 0 Å². The molecule has 0 aliphatic rings. The van der Waals surface area contributed by atoms with E-state index in [1.54, 1.807) is 38.1 Å². The van der Waals surface area contributed by atoms with Crippen molar-refractivity contribution in [1.29, 1.82) is 0 Å². The highest BCUT2D eigenvalue weighted by molar-refractivity contribution is 7.53. The van der Waals surface area contributed by atoms with Crippen LogP contribution in [0.4, 0.5) is 13.2 Å². The standard InChI is InChI=1S/C22H26F3O7P/c1-4-29-33(27,30-5-2)15-14-28-21(26)16(3)31-18-10-12-20(13-11-18)32-19-8-6-17(7-9-19)22(23,24)25/h6-13,16H,4-5,14-15H2,1-3H3/t16-/m1/s1. The van der Waals surface area contributed by atoms with E-state index in [0.717, 1.165) is 12.1 Å². The molecule has 0 aliphatic heterocycles. The summed E-state index contributed by atoms with van der Waals surface area (Å²) >= 11 is 0. The molecule has 1 atom stereocenters. The Bertz CT molecular complexity index is 921. The fourth-order valence-electron chi connectivity index (χ4n) is 2.62. The first-order valence-electron chi connectivity index (χ1n) is 10.2. The van der Waals surface area contributed by atoms with Crippen LogP contribution in [0.5, 0.6) is 17.2 Å². The molecule has 0 N–H and O–H groups in total. The number of benzene rings is 2. The zero-order chi connectivity index (χ0) is 24.5. The van der Waals surface area contributed by atoms with E-state index in [1.165, 1.54) is 19.1 Å². The molecule has 0 amide bonds. The maximum absolute atomic E-state index is 12.6. The van der Waals surface area contributed by atoms with Gasteiger partial charge < -0.3 is 23.3 Å². The molecular formula is C22H26F3O7P. The van der Waals surface area contributed by atoms with Gasteiger partial charge in [-0.2, -0.15) is 13.2 Å². The second-order valence-corrected chi connectivity index (χ2v) is 8.88. The van der Waals surface area contributed by atoms with Gasteiger partial charge in [0.15, 0.2) is 6.10 Å². The van der Waals surface area contributed by atoms with Gasteiger partial charge >= 0.3 is 19.7 Å². The Morgan fingerprint density at radius 2 is 1.39 bits per heavy atom. The monoisotopic (exact) mass is 490 g/mol. The molecule has 2 aromatic carbocycles. The van der Waals surface area contributed by atoms with Crippen molar-refractivity contribution in [2.24, 2.45) is 0 Å². The Balaban J connectivity index is 1.84. The van der Waals surface area contributed by atoms with Gasteiger partial charge in [-0.05, 0) is 69.3 Å². The van der Waals surface area contributed by atoms with Crippen LogP contribution in [0.15, 0.2) is 48.5 Å². The summed E-state index contributed by atoms with van der Waals surface area (Å²) < 4.78 is 76.6. The molecule has 0 heterocycles. The van der Waals surface area contributed by atoms with E-state index in [4.69, 9.17) is 23.3 Å². The van der Waals surface area contributed by atoms with Crippen molar-refractivity contribution in [3.05, 3.63) is 54.1 Å². The van der Waals surface area contributed by atoms with Crippen molar-refractivity contribution in [3.63, 3.8) is 0 Å². The molecule has 2 rings (SSSR count). The van der Waals surface area contributed by atoms with E-state index in [0.29, 0.717) is 11.5 Å². The highest BCUT2D eigenvalue weighted by Gasteiger charge is 2.30. The number of ether oxygens (including phenoxy) is 3. The number of halogens is 3. The van der Waals surface area contributed by atoms with Gasteiger partial charge in [-0.25, -0.2) is 4.79 Å². The van der Waals surface area contributed by atoms with Gasteiger partial charge in [-0.15, -0.1) is 0 Å². The topological polar surface area (TPSA) is 80.3 Å². The molecule has 182 valence electrons. The van der Waals surface area contributed by atoms with E-state index in [-0.39, 0.29) is 31.7 Å². The van der Waals surface area contributed by atoms with Crippen molar-refractivity contribution in [1.82, 2.24) is 0 Å². The third kappa shape index (κ3) is 8.72. The molecule has 0 spiro atoms. The molecule has 0 bridgehead atoms. The van der Waals surface area contributed by atoms with Crippen LogP contribution in [0, 0.1) is 0 Å². The fourth-order valence-corrected chi connectivity index (χ4v) is 4.06. The van der Waals surface area contributed by atoms with Gasteiger partial charge in [0.25, 0.3) is 0 Å². The van der Waals surface area contributed by atoms with Gasteiger partial charge in [0.05, 0.1) is 24.9 Å². The Kier molecular flexibility index (Phi) is 9.76. The number of carbonyl (C=O) groups is 1. The lowest BCUT2D eigenvalue weighted by Gasteiger charge is -2.18. The molecule has 11 heteroatoms. The van der Waals surface area contributed by atoms with Gasteiger partial charge in [-0.1, -0.05) is 0 Å². The number of alkyl halides is 3. The highest BCUT2D eigenvalue weighted by atomic mass is 31.2. The van der Waals surface area contributed by atoms with Crippen LogP contribution in [-0.4, -0.2) is 38.1 Å². The minimum Gasteiger partial charge on any atom is -0.479 e. The molecule has 7 nitrogen and oxygen atoms in total. The predicted molar refractivity (Wildman–Crippen MR) is 115 cm³/mol. The average Bonchev–Trinajstić information content (AvgIpc) is 2.75. The van der Waals surface area contributed by atoms with E-state index in [1.807, 2.05) is 0 Å². The second-order valence-electron chi connectivity index (χ2n) is 6.69. The molecule has 0 saturated carbocycles. The molecule has 2 aromatic rings. The van der Waals surface area contributed by atoms with Gasteiger partial charge in [0.1, 0.15) is 23.9 Å². The van der Waals surface area contributed by atoms with Crippen molar-refractivity contribution < 1.29 is 45.8 Å². The Hall–Kier alpha value is -2.55. The molecule has 0 aromatic heterocycles. The zero-order valence-corrected chi connectivity index (χ0v) is 19.4. The Morgan fingerprint density at radius 3 is 1.88 bits per heavy atom. The smallest absolute Gasteiger partial charge is 0.416 e. The lowest BCUT2D eigenvalue weighted by Crippen LogP contribution is -2.27. The summed E-state index contributed by atoms with van der Waals surface area (Å²) in [5, 5.41) is 0. The van der Waals surface area contributed by atoms with Crippen LogP contribution < -0.4 is 9.47 Å². The van der Waals surface area contributed by atoms with Crippen molar-refractivity contribution >= 4 is 13.6 Å². The normalized spacial score (nSPS) is 12.8. The maximum atomic E-state index is 12.6. The fraction of sp³-hybridized carbons (Fsp3) is 0.409. The van der Waals surface area contributed by atoms with Gasteiger partial charge in [0.2, 0.25) is 0 Å². The maximum Gasteiger partial charge on any atom is 0.416 e. The van der Waals surface area contributed by atoms with Gasteiger partial charge in [-0.3, -0.25) is 4.57 Å². The molecule has 33 heavy (non-hydrogen) atoms. The Morgan fingerprint density at radius 1 is 0.909 bits per heavy atom. The minimum atomic E-state index is -4.42. The van der Waals surface area contributed by atoms with Crippen LogP contribution in [-0.2, 0) is 29.3 Å². The SMILES string of the molecule is CCOP(=O)(CCOC(=O)[C@@H](C)Oc1ccc(Oc2ccc(C(F)(F)F)cc2)cc1)OCC. The van der Waals surface area contributed by atoms with Crippen LogP contribution in [0.25, 0.3) is 0 Å². The molecule has 0 saturated heterocycles.